The van der Waals surface area contributed by atoms with Crippen LogP contribution in [-0.2, 0) is 9.63 Å². The zero-order valence-electron chi connectivity index (χ0n) is 7.08. The van der Waals surface area contributed by atoms with Gasteiger partial charge in [0.25, 0.3) is 0 Å². The molecule has 1 aliphatic heterocycles. The minimum Gasteiger partial charge on any atom is -0.273 e. The quantitative estimate of drug-likeness (QED) is 0.573. The van der Waals surface area contributed by atoms with Crippen LogP contribution >= 0.6 is 0 Å². The van der Waals surface area contributed by atoms with Crippen molar-refractivity contribution in [1.82, 2.24) is 5.06 Å². The summed E-state index contributed by atoms with van der Waals surface area (Å²) in [6.07, 6.45) is 8.01. The first-order valence-corrected chi connectivity index (χ1v) is 4.21. The van der Waals surface area contributed by atoms with E-state index in [1.807, 2.05) is 0 Å². The maximum Gasteiger partial charge on any atom is 0.247 e. The zero-order chi connectivity index (χ0) is 8.81. The molecule has 0 radical (unpaired) electrons. The number of hydrogen-bond donors (Lipinski definition) is 0. The third-order valence-corrected chi connectivity index (χ3v) is 1.76. The molecule has 0 bridgehead atoms. The number of carbonyl (C=O) groups excluding carboxylic acids is 1. The zero-order valence-corrected chi connectivity index (χ0v) is 7.08. The summed E-state index contributed by atoms with van der Waals surface area (Å²) >= 11 is 0. The minimum atomic E-state index is 0.00708. The highest BCUT2D eigenvalue weighted by Crippen LogP contribution is 2.07. The van der Waals surface area contributed by atoms with Crippen LogP contribution in [-0.4, -0.2) is 24.1 Å². The molecule has 1 saturated heterocycles. The highest BCUT2D eigenvalue weighted by Gasteiger charge is 2.16. The van der Waals surface area contributed by atoms with Crippen molar-refractivity contribution in [3.8, 4) is 12.3 Å². The van der Waals surface area contributed by atoms with E-state index in [-0.39, 0.29) is 5.91 Å². The fraction of sp³-hybridized carbons (Fsp3) is 0.667. The van der Waals surface area contributed by atoms with E-state index >= 15 is 0 Å². The fourth-order valence-corrected chi connectivity index (χ4v) is 1.10. The van der Waals surface area contributed by atoms with Crippen LogP contribution in [0.25, 0.3) is 0 Å². The topological polar surface area (TPSA) is 29.5 Å². The molecule has 0 aromatic rings. The Morgan fingerprint density at radius 1 is 1.58 bits per heavy atom. The lowest BCUT2D eigenvalue weighted by atomic mass is 10.2. The SMILES string of the molecule is C#CCCC(=O)N1CCCCO1. The Morgan fingerprint density at radius 3 is 3.00 bits per heavy atom. The molecule has 0 unspecified atom stereocenters. The van der Waals surface area contributed by atoms with E-state index in [1.54, 1.807) is 0 Å². The molecule has 0 N–H and O–H groups in total. The van der Waals surface area contributed by atoms with Gasteiger partial charge in [0, 0.05) is 19.4 Å². The van der Waals surface area contributed by atoms with E-state index in [9.17, 15) is 4.79 Å². The molecule has 0 saturated carbocycles. The third kappa shape index (κ3) is 2.55. The number of nitrogens with zero attached hydrogens (tertiary/aromatic N) is 1. The van der Waals surface area contributed by atoms with E-state index < -0.39 is 0 Å². The van der Waals surface area contributed by atoms with E-state index in [0.29, 0.717) is 26.0 Å². The highest BCUT2D eigenvalue weighted by molar-refractivity contribution is 5.75. The van der Waals surface area contributed by atoms with Crippen molar-refractivity contribution in [1.29, 1.82) is 0 Å². The number of hydrogen-bond acceptors (Lipinski definition) is 2. The van der Waals surface area contributed by atoms with Gasteiger partial charge in [0.1, 0.15) is 0 Å². The number of rotatable bonds is 2. The summed E-state index contributed by atoms with van der Waals surface area (Å²) < 4.78 is 0. The molecule has 0 aromatic carbocycles. The lowest BCUT2D eigenvalue weighted by Gasteiger charge is -2.25. The van der Waals surface area contributed by atoms with Crippen LogP contribution in [0.4, 0.5) is 0 Å². The number of carbonyl (C=O) groups is 1. The van der Waals surface area contributed by atoms with Crippen molar-refractivity contribution < 1.29 is 9.63 Å². The first-order valence-electron chi connectivity index (χ1n) is 4.21. The molecule has 1 aliphatic rings. The summed E-state index contributed by atoms with van der Waals surface area (Å²) in [7, 11) is 0. The van der Waals surface area contributed by atoms with Crippen LogP contribution in [0.5, 0.6) is 0 Å². The highest BCUT2D eigenvalue weighted by atomic mass is 16.7. The van der Waals surface area contributed by atoms with E-state index in [0.717, 1.165) is 12.8 Å². The van der Waals surface area contributed by atoms with Gasteiger partial charge < -0.3 is 0 Å². The van der Waals surface area contributed by atoms with Crippen LogP contribution in [0.1, 0.15) is 25.7 Å². The van der Waals surface area contributed by atoms with Gasteiger partial charge in [0.05, 0.1) is 6.61 Å². The Hall–Kier alpha value is -1.01. The first kappa shape index (κ1) is 9.08. The lowest BCUT2D eigenvalue weighted by molar-refractivity contribution is -0.196. The van der Waals surface area contributed by atoms with Crippen molar-refractivity contribution in [2.75, 3.05) is 13.2 Å². The second-order valence-electron chi connectivity index (χ2n) is 2.74. The molecule has 3 heteroatoms. The Balaban J connectivity index is 2.26. The normalized spacial score (nSPS) is 17.1. The smallest absolute Gasteiger partial charge is 0.247 e. The molecule has 3 nitrogen and oxygen atoms in total. The molecule has 1 amide bonds. The van der Waals surface area contributed by atoms with Crippen molar-refractivity contribution in [2.45, 2.75) is 25.7 Å². The van der Waals surface area contributed by atoms with Gasteiger partial charge in [-0.1, -0.05) is 0 Å². The second kappa shape index (κ2) is 4.78. The van der Waals surface area contributed by atoms with Crippen LogP contribution in [0, 0.1) is 12.3 Å². The van der Waals surface area contributed by atoms with E-state index in [2.05, 4.69) is 5.92 Å². The standard InChI is InChI=1S/C9H13NO2/c1-2-3-6-9(11)10-7-4-5-8-12-10/h1H,3-8H2. The van der Waals surface area contributed by atoms with E-state index in [4.69, 9.17) is 11.3 Å². The largest absolute Gasteiger partial charge is 0.273 e. The molecule has 1 fully saturated rings. The third-order valence-electron chi connectivity index (χ3n) is 1.76. The van der Waals surface area contributed by atoms with Crippen LogP contribution in [0.3, 0.4) is 0 Å². The first-order chi connectivity index (χ1) is 5.84. The van der Waals surface area contributed by atoms with Crippen LogP contribution in [0.2, 0.25) is 0 Å². The summed E-state index contributed by atoms with van der Waals surface area (Å²) in [6, 6.07) is 0. The molecule has 0 atom stereocenters. The minimum absolute atomic E-state index is 0.00708. The van der Waals surface area contributed by atoms with Crippen molar-refractivity contribution in [2.24, 2.45) is 0 Å². The Labute approximate surface area is 72.6 Å². The fourth-order valence-electron chi connectivity index (χ4n) is 1.10. The number of amides is 1. The van der Waals surface area contributed by atoms with Crippen LogP contribution in [0.15, 0.2) is 0 Å². The monoisotopic (exact) mass is 167 g/mol. The predicted octanol–water partition coefficient (Wildman–Crippen LogP) is 0.954. The summed E-state index contributed by atoms with van der Waals surface area (Å²) in [4.78, 5) is 16.4. The molecule has 0 aliphatic carbocycles. The number of hydroxylamine groups is 2. The van der Waals surface area contributed by atoms with E-state index in [1.165, 1.54) is 5.06 Å². The van der Waals surface area contributed by atoms with Gasteiger partial charge in [-0.2, -0.15) is 0 Å². The summed E-state index contributed by atoms with van der Waals surface area (Å²) in [5, 5.41) is 1.43. The molecular formula is C9H13NO2. The van der Waals surface area contributed by atoms with Crippen LogP contribution < -0.4 is 0 Å². The maximum atomic E-state index is 11.3. The summed E-state index contributed by atoms with van der Waals surface area (Å²) in [5.74, 6) is 2.44. The van der Waals surface area contributed by atoms with Gasteiger partial charge in [0.15, 0.2) is 0 Å². The summed E-state index contributed by atoms with van der Waals surface area (Å²) in [6.45, 7) is 1.37. The molecule has 1 rings (SSSR count). The average Bonchev–Trinajstić information content (AvgIpc) is 2.15. The van der Waals surface area contributed by atoms with Gasteiger partial charge in [-0.15, -0.1) is 12.3 Å². The maximum absolute atomic E-state index is 11.3. The Kier molecular flexibility index (Phi) is 3.62. The van der Waals surface area contributed by atoms with Gasteiger partial charge in [-0.05, 0) is 12.8 Å². The van der Waals surface area contributed by atoms with Crippen molar-refractivity contribution >= 4 is 5.91 Å². The Bertz CT molecular complexity index is 189. The molecule has 1 heterocycles. The lowest BCUT2D eigenvalue weighted by Crippen LogP contribution is -2.35. The average molecular weight is 167 g/mol. The van der Waals surface area contributed by atoms with Gasteiger partial charge in [-0.3, -0.25) is 9.63 Å². The van der Waals surface area contributed by atoms with Crippen molar-refractivity contribution in [3.05, 3.63) is 0 Å². The Morgan fingerprint density at radius 2 is 2.42 bits per heavy atom. The predicted molar refractivity (Wildman–Crippen MR) is 45.0 cm³/mol. The molecule has 0 spiro atoms. The molecule has 0 aromatic heterocycles. The summed E-state index contributed by atoms with van der Waals surface area (Å²) in [5.41, 5.74) is 0. The van der Waals surface area contributed by atoms with Gasteiger partial charge in [-0.25, -0.2) is 5.06 Å². The van der Waals surface area contributed by atoms with Crippen molar-refractivity contribution in [3.63, 3.8) is 0 Å². The van der Waals surface area contributed by atoms with Gasteiger partial charge in [0.2, 0.25) is 5.91 Å². The second-order valence-corrected chi connectivity index (χ2v) is 2.74. The molecule has 12 heavy (non-hydrogen) atoms. The molecular weight excluding hydrogens is 154 g/mol. The number of terminal acetylenes is 1. The van der Waals surface area contributed by atoms with Gasteiger partial charge >= 0.3 is 0 Å². The molecule has 66 valence electrons.